The summed E-state index contributed by atoms with van der Waals surface area (Å²) in [7, 11) is 0. The number of aryl methyl sites for hydroxylation is 2. The first-order valence-corrected chi connectivity index (χ1v) is 11.1. The van der Waals surface area contributed by atoms with Gasteiger partial charge in [-0.25, -0.2) is 0 Å². The molecule has 35 heavy (non-hydrogen) atoms. The summed E-state index contributed by atoms with van der Waals surface area (Å²) < 4.78 is 57.4. The van der Waals surface area contributed by atoms with Crippen LogP contribution in [0.3, 0.4) is 0 Å². The van der Waals surface area contributed by atoms with Gasteiger partial charge < -0.3 is 19.3 Å². The fourth-order valence-corrected chi connectivity index (χ4v) is 3.42. The molecule has 0 radical (unpaired) electrons. The molecule has 0 unspecified atom stereocenters. The summed E-state index contributed by atoms with van der Waals surface area (Å²) in [5, 5.41) is 8.91. The molecule has 3 aromatic rings. The van der Waals surface area contributed by atoms with Crippen molar-refractivity contribution in [3.05, 3.63) is 82.9 Å². The van der Waals surface area contributed by atoms with Crippen LogP contribution < -0.4 is 14.2 Å². The van der Waals surface area contributed by atoms with Gasteiger partial charge in [-0.3, -0.25) is 4.79 Å². The first-order chi connectivity index (χ1) is 16.5. The lowest BCUT2D eigenvalue weighted by atomic mass is 10.1. The van der Waals surface area contributed by atoms with Crippen molar-refractivity contribution in [2.75, 3.05) is 6.61 Å². The lowest BCUT2D eigenvalue weighted by molar-refractivity contribution is -0.138. The van der Waals surface area contributed by atoms with Crippen LogP contribution >= 0.6 is 0 Å². The standard InChI is InChI=1S/C27H27F3O5/c1-17-6-4-5-7-23(17)35-25-16-21(27(28,29)30)9-11-24(25)34-19(3)12-13-33-22-10-8-20(14-18(22)2)15-26(31)32/h4-11,14,16,19H,12-13,15H2,1-3H3,(H,31,32)/t19-/m1/s1. The van der Waals surface area contributed by atoms with Crippen LogP contribution in [-0.2, 0) is 17.4 Å². The van der Waals surface area contributed by atoms with Crippen molar-refractivity contribution in [3.63, 3.8) is 0 Å². The van der Waals surface area contributed by atoms with E-state index >= 15 is 0 Å². The van der Waals surface area contributed by atoms with Gasteiger partial charge in [0.25, 0.3) is 0 Å². The summed E-state index contributed by atoms with van der Waals surface area (Å²) in [6.45, 7) is 5.73. The Bertz CT molecular complexity index is 1170. The average Bonchev–Trinajstić information content (AvgIpc) is 2.77. The first-order valence-electron chi connectivity index (χ1n) is 11.1. The number of carbonyl (C=O) groups is 1. The molecule has 0 aliphatic rings. The van der Waals surface area contributed by atoms with Crippen molar-refractivity contribution >= 4 is 5.97 Å². The minimum absolute atomic E-state index is 0.0215. The van der Waals surface area contributed by atoms with Crippen LogP contribution in [0, 0.1) is 13.8 Å². The Hall–Kier alpha value is -3.68. The second-order valence-electron chi connectivity index (χ2n) is 8.26. The lowest BCUT2D eigenvalue weighted by Gasteiger charge is -2.20. The molecule has 0 aliphatic carbocycles. The number of carboxylic acids is 1. The molecule has 0 saturated carbocycles. The highest BCUT2D eigenvalue weighted by Crippen LogP contribution is 2.39. The highest BCUT2D eigenvalue weighted by molar-refractivity contribution is 5.70. The van der Waals surface area contributed by atoms with Crippen molar-refractivity contribution in [2.45, 2.75) is 45.9 Å². The van der Waals surface area contributed by atoms with Gasteiger partial charge in [0, 0.05) is 6.42 Å². The third kappa shape index (κ3) is 7.40. The second kappa shape index (κ2) is 11.2. The average molecular weight is 489 g/mol. The number of carboxylic acid groups (broad SMARTS) is 1. The number of alkyl halides is 3. The highest BCUT2D eigenvalue weighted by Gasteiger charge is 2.32. The molecule has 0 saturated heterocycles. The van der Waals surface area contributed by atoms with E-state index < -0.39 is 17.7 Å². The zero-order chi connectivity index (χ0) is 25.6. The molecular formula is C27H27F3O5. The fraction of sp³-hybridized carbons (Fsp3) is 0.296. The summed E-state index contributed by atoms with van der Waals surface area (Å²) in [6, 6.07) is 15.4. The Morgan fingerprint density at radius 2 is 1.63 bits per heavy atom. The predicted molar refractivity (Wildman–Crippen MR) is 125 cm³/mol. The van der Waals surface area contributed by atoms with E-state index in [-0.39, 0.29) is 24.0 Å². The van der Waals surface area contributed by atoms with Gasteiger partial charge in [-0.1, -0.05) is 30.3 Å². The summed E-state index contributed by atoms with van der Waals surface area (Å²) in [5.41, 5.74) is 1.45. The van der Waals surface area contributed by atoms with Crippen LogP contribution in [-0.4, -0.2) is 23.8 Å². The van der Waals surface area contributed by atoms with Crippen molar-refractivity contribution < 1.29 is 37.3 Å². The number of hydrogen-bond acceptors (Lipinski definition) is 4. The third-order valence-corrected chi connectivity index (χ3v) is 5.29. The number of rotatable bonds is 10. The predicted octanol–water partition coefficient (Wildman–Crippen LogP) is 6.98. The van der Waals surface area contributed by atoms with Gasteiger partial charge >= 0.3 is 12.1 Å². The number of hydrogen-bond donors (Lipinski definition) is 1. The number of halogens is 3. The van der Waals surface area contributed by atoms with Crippen LogP contribution in [0.4, 0.5) is 13.2 Å². The molecule has 0 amide bonds. The van der Waals surface area contributed by atoms with E-state index in [4.69, 9.17) is 19.3 Å². The SMILES string of the molecule is Cc1cc(CC(=O)O)ccc1OCC[C@@H](C)Oc1ccc(C(F)(F)F)cc1Oc1ccccc1C. The van der Waals surface area contributed by atoms with E-state index in [1.54, 1.807) is 50.2 Å². The van der Waals surface area contributed by atoms with Crippen molar-refractivity contribution in [2.24, 2.45) is 0 Å². The van der Waals surface area contributed by atoms with Gasteiger partial charge in [0.2, 0.25) is 0 Å². The minimum Gasteiger partial charge on any atom is -0.493 e. The van der Waals surface area contributed by atoms with E-state index in [1.165, 1.54) is 6.07 Å². The van der Waals surface area contributed by atoms with Crippen molar-refractivity contribution in [3.8, 4) is 23.0 Å². The van der Waals surface area contributed by atoms with Crippen LogP contribution in [0.1, 0.15) is 35.6 Å². The normalized spacial score (nSPS) is 12.2. The molecule has 3 aromatic carbocycles. The largest absolute Gasteiger partial charge is 0.493 e. The number of ether oxygens (including phenoxy) is 3. The second-order valence-corrected chi connectivity index (χ2v) is 8.26. The van der Waals surface area contributed by atoms with Gasteiger partial charge in [0.05, 0.1) is 24.7 Å². The lowest BCUT2D eigenvalue weighted by Crippen LogP contribution is -2.17. The Morgan fingerprint density at radius 1 is 0.914 bits per heavy atom. The molecule has 3 rings (SSSR count). The Balaban J connectivity index is 1.67. The topological polar surface area (TPSA) is 65.0 Å². The number of para-hydroxylation sites is 1. The Labute approximate surface area is 202 Å². The molecule has 0 aromatic heterocycles. The Kier molecular flexibility index (Phi) is 8.27. The summed E-state index contributed by atoms with van der Waals surface area (Å²) in [5.74, 6) is 0.340. The molecule has 8 heteroatoms. The van der Waals surface area contributed by atoms with E-state index in [2.05, 4.69) is 0 Å². The smallest absolute Gasteiger partial charge is 0.416 e. The van der Waals surface area contributed by atoms with Crippen LogP contribution in [0.5, 0.6) is 23.0 Å². The van der Waals surface area contributed by atoms with Gasteiger partial charge in [-0.2, -0.15) is 13.2 Å². The summed E-state index contributed by atoms with van der Waals surface area (Å²) in [4.78, 5) is 10.9. The van der Waals surface area contributed by atoms with Crippen LogP contribution in [0.15, 0.2) is 60.7 Å². The zero-order valence-electron chi connectivity index (χ0n) is 19.7. The van der Waals surface area contributed by atoms with E-state index in [0.717, 1.165) is 23.3 Å². The van der Waals surface area contributed by atoms with Crippen LogP contribution in [0.25, 0.3) is 0 Å². The van der Waals surface area contributed by atoms with Crippen molar-refractivity contribution in [1.82, 2.24) is 0 Å². The van der Waals surface area contributed by atoms with E-state index in [1.807, 2.05) is 13.0 Å². The highest BCUT2D eigenvalue weighted by atomic mass is 19.4. The number of aliphatic carboxylic acids is 1. The Morgan fingerprint density at radius 3 is 2.29 bits per heavy atom. The molecule has 186 valence electrons. The third-order valence-electron chi connectivity index (χ3n) is 5.29. The molecule has 0 bridgehead atoms. The summed E-state index contributed by atoms with van der Waals surface area (Å²) in [6.07, 6.45) is -4.50. The molecule has 1 N–H and O–H groups in total. The molecule has 0 fully saturated rings. The van der Waals surface area contributed by atoms with Crippen molar-refractivity contribution in [1.29, 1.82) is 0 Å². The molecule has 0 heterocycles. The molecule has 5 nitrogen and oxygen atoms in total. The maximum absolute atomic E-state index is 13.3. The van der Waals surface area contributed by atoms with E-state index in [9.17, 15) is 18.0 Å². The molecule has 1 atom stereocenters. The summed E-state index contributed by atoms with van der Waals surface area (Å²) >= 11 is 0. The molecule has 0 spiro atoms. The van der Waals surface area contributed by atoms with Gasteiger partial charge in [-0.15, -0.1) is 0 Å². The first kappa shape index (κ1) is 25.9. The molecule has 0 aliphatic heterocycles. The zero-order valence-corrected chi connectivity index (χ0v) is 19.7. The van der Waals surface area contributed by atoms with Gasteiger partial charge in [0.1, 0.15) is 11.5 Å². The molecular weight excluding hydrogens is 461 g/mol. The van der Waals surface area contributed by atoms with Crippen LogP contribution in [0.2, 0.25) is 0 Å². The number of benzene rings is 3. The monoisotopic (exact) mass is 488 g/mol. The van der Waals surface area contributed by atoms with E-state index in [0.29, 0.717) is 30.1 Å². The maximum atomic E-state index is 13.3. The fourth-order valence-electron chi connectivity index (χ4n) is 3.42. The maximum Gasteiger partial charge on any atom is 0.416 e. The quantitative estimate of drug-likeness (QED) is 0.334. The van der Waals surface area contributed by atoms with Gasteiger partial charge in [-0.05, 0) is 67.8 Å². The van der Waals surface area contributed by atoms with Gasteiger partial charge in [0.15, 0.2) is 11.5 Å². The minimum atomic E-state index is -4.51.